The summed E-state index contributed by atoms with van der Waals surface area (Å²) in [6.07, 6.45) is 0.243. The van der Waals surface area contributed by atoms with Gasteiger partial charge in [0.15, 0.2) is 0 Å². The zero-order valence-corrected chi connectivity index (χ0v) is 8.98. The molecule has 0 atom stereocenters. The van der Waals surface area contributed by atoms with E-state index in [0.717, 1.165) is 5.69 Å². The van der Waals surface area contributed by atoms with E-state index in [9.17, 15) is 8.78 Å². The van der Waals surface area contributed by atoms with E-state index in [-0.39, 0.29) is 12.5 Å². The van der Waals surface area contributed by atoms with Crippen LogP contribution in [0, 0.1) is 6.20 Å². The number of rotatable bonds is 3. The summed E-state index contributed by atoms with van der Waals surface area (Å²) in [5.41, 5.74) is 0.764. The third-order valence-electron chi connectivity index (χ3n) is 1.63. The maximum Gasteiger partial charge on any atom is 0.257 e. The highest BCUT2D eigenvalue weighted by Crippen LogP contribution is 2.24. The smallest absolute Gasteiger partial charge is 0.257 e. The van der Waals surface area contributed by atoms with Crippen molar-refractivity contribution in [3.8, 4) is 0 Å². The van der Waals surface area contributed by atoms with Crippen LogP contribution in [-0.2, 0) is 6.54 Å². The van der Waals surface area contributed by atoms with Gasteiger partial charge in [0.05, 0.1) is 10.2 Å². The van der Waals surface area contributed by atoms with Crippen molar-refractivity contribution in [3.63, 3.8) is 0 Å². The van der Waals surface area contributed by atoms with Crippen molar-refractivity contribution in [2.45, 2.75) is 32.7 Å². The van der Waals surface area contributed by atoms with Crippen LogP contribution in [0.3, 0.4) is 0 Å². The third-order valence-corrected chi connectivity index (χ3v) is 2.21. The molecule has 1 aromatic rings. The number of hydrogen-bond acceptors (Lipinski definition) is 1. The van der Waals surface area contributed by atoms with E-state index >= 15 is 0 Å². The van der Waals surface area contributed by atoms with Crippen LogP contribution < -0.4 is 0 Å². The fourth-order valence-electron chi connectivity index (χ4n) is 1.15. The lowest BCUT2D eigenvalue weighted by molar-refractivity contribution is 0.120. The van der Waals surface area contributed by atoms with Gasteiger partial charge < -0.3 is 0 Å². The minimum Gasteiger partial charge on any atom is -0.262 e. The summed E-state index contributed by atoms with van der Waals surface area (Å²) in [4.78, 5) is 0. The molecule has 0 aliphatic rings. The van der Waals surface area contributed by atoms with Crippen LogP contribution in [0.5, 0.6) is 0 Å². The lowest BCUT2D eigenvalue weighted by atomic mass is 10.1. The summed E-state index contributed by atoms with van der Waals surface area (Å²) < 4.78 is 26.1. The fraction of sp³-hybridized carbons (Fsp3) is 0.625. The Bertz CT molecular complexity index is 284. The molecule has 0 saturated carbocycles. The Kier molecular flexibility index (Phi) is 3.41. The molecule has 73 valence electrons. The van der Waals surface area contributed by atoms with Gasteiger partial charge >= 0.3 is 0 Å². The molecule has 0 spiro atoms. The molecule has 5 heteroatoms. The summed E-state index contributed by atoms with van der Waals surface area (Å²) in [6, 6.07) is 0. The first-order chi connectivity index (χ1) is 6.02. The van der Waals surface area contributed by atoms with Crippen molar-refractivity contribution in [1.82, 2.24) is 9.78 Å². The number of hydrogen-bond donors (Lipinski definition) is 0. The molecular weight excluding hydrogens is 242 g/mol. The average molecular weight is 252 g/mol. The topological polar surface area (TPSA) is 17.8 Å². The molecule has 0 aliphatic carbocycles. The summed E-state index contributed by atoms with van der Waals surface area (Å²) >= 11 is 3.22. The van der Waals surface area contributed by atoms with Crippen molar-refractivity contribution in [2.24, 2.45) is 0 Å². The third kappa shape index (κ3) is 2.49. The predicted octanol–water partition coefficient (Wildman–Crippen LogP) is 2.83. The molecule has 1 aromatic heterocycles. The van der Waals surface area contributed by atoms with Crippen LogP contribution in [0.1, 0.15) is 25.5 Å². The molecule has 0 saturated heterocycles. The largest absolute Gasteiger partial charge is 0.262 e. The van der Waals surface area contributed by atoms with E-state index in [0.29, 0.717) is 4.47 Å². The van der Waals surface area contributed by atoms with Crippen LogP contribution in [0.2, 0.25) is 0 Å². The second-order valence-electron chi connectivity index (χ2n) is 3.04. The summed E-state index contributed by atoms with van der Waals surface area (Å²) in [5.74, 6) is 0.159. The van der Waals surface area contributed by atoms with Crippen molar-refractivity contribution in [3.05, 3.63) is 16.4 Å². The van der Waals surface area contributed by atoms with Gasteiger partial charge in [0.25, 0.3) is 6.43 Å². The van der Waals surface area contributed by atoms with Gasteiger partial charge in [-0.3, -0.25) is 4.68 Å². The molecule has 0 bridgehead atoms. The average Bonchev–Trinajstić information content (AvgIpc) is 2.30. The lowest BCUT2D eigenvalue weighted by Gasteiger charge is -2.09. The Morgan fingerprint density at radius 1 is 1.54 bits per heavy atom. The highest BCUT2D eigenvalue weighted by molar-refractivity contribution is 9.10. The van der Waals surface area contributed by atoms with E-state index < -0.39 is 6.43 Å². The monoisotopic (exact) mass is 251 g/mol. The Balaban J connectivity index is 2.94. The quantitative estimate of drug-likeness (QED) is 0.808. The molecule has 1 heterocycles. The summed E-state index contributed by atoms with van der Waals surface area (Å²) in [6.45, 7) is 3.49. The molecule has 1 rings (SSSR count). The highest BCUT2D eigenvalue weighted by atomic mass is 79.9. The predicted molar refractivity (Wildman–Crippen MR) is 48.9 cm³/mol. The van der Waals surface area contributed by atoms with E-state index in [1.807, 2.05) is 13.8 Å². The standard InChI is InChI=1S/C8H10BrF2N2/c1-5(2)8-6(9)3-12-13(8)4-7(10)11/h5,7H,4H2,1-2H3. The highest BCUT2D eigenvalue weighted by Gasteiger charge is 2.15. The molecule has 0 amide bonds. The second kappa shape index (κ2) is 4.17. The second-order valence-corrected chi connectivity index (χ2v) is 3.83. The minimum absolute atomic E-state index is 0.159. The molecule has 13 heavy (non-hydrogen) atoms. The first-order valence-corrected chi connectivity index (χ1v) is 4.73. The first-order valence-electron chi connectivity index (χ1n) is 3.94. The first kappa shape index (κ1) is 10.6. The van der Waals surface area contributed by atoms with Crippen LogP contribution in [0.25, 0.3) is 0 Å². The maximum absolute atomic E-state index is 12.1. The van der Waals surface area contributed by atoms with Crippen LogP contribution in [0.4, 0.5) is 8.78 Å². The van der Waals surface area contributed by atoms with Gasteiger partial charge in [0, 0.05) is 0 Å². The zero-order valence-electron chi connectivity index (χ0n) is 7.39. The van der Waals surface area contributed by atoms with Gasteiger partial charge in [-0.05, 0) is 21.8 Å². The molecule has 0 aliphatic heterocycles. The van der Waals surface area contributed by atoms with Gasteiger partial charge in [0.2, 0.25) is 0 Å². The summed E-state index contributed by atoms with van der Waals surface area (Å²) in [7, 11) is 0. The van der Waals surface area contributed by atoms with Crippen molar-refractivity contribution in [2.75, 3.05) is 0 Å². The molecule has 0 unspecified atom stereocenters. The van der Waals surface area contributed by atoms with Gasteiger partial charge in [-0.1, -0.05) is 13.8 Å². The number of aromatic nitrogens is 2. The molecule has 1 radical (unpaired) electrons. The van der Waals surface area contributed by atoms with Gasteiger partial charge in [-0.2, -0.15) is 5.10 Å². The van der Waals surface area contributed by atoms with Gasteiger partial charge in [-0.15, -0.1) is 0 Å². The van der Waals surface area contributed by atoms with Gasteiger partial charge in [0.1, 0.15) is 12.7 Å². The van der Waals surface area contributed by atoms with Crippen molar-refractivity contribution < 1.29 is 8.78 Å². The van der Waals surface area contributed by atoms with Crippen LogP contribution >= 0.6 is 15.9 Å². The zero-order chi connectivity index (χ0) is 10.0. The van der Waals surface area contributed by atoms with E-state index in [4.69, 9.17) is 0 Å². The molecule has 0 N–H and O–H groups in total. The minimum atomic E-state index is -2.38. The SMILES string of the molecule is CC(C)c1c(Br)[c]nn1CC(F)F. The van der Waals surface area contributed by atoms with E-state index in [1.165, 1.54) is 4.68 Å². The van der Waals surface area contributed by atoms with Gasteiger partial charge in [-0.25, -0.2) is 8.78 Å². The van der Waals surface area contributed by atoms with Crippen molar-refractivity contribution in [1.29, 1.82) is 0 Å². The Labute approximate surface area is 84.1 Å². The Hall–Kier alpha value is -0.450. The Morgan fingerprint density at radius 2 is 2.15 bits per heavy atom. The number of halogens is 3. The molecular formula is C8H10BrF2N2. The molecule has 2 nitrogen and oxygen atoms in total. The van der Waals surface area contributed by atoms with Crippen LogP contribution in [0.15, 0.2) is 4.47 Å². The molecule has 0 fully saturated rings. The van der Waals surface area contributed by atoms with Crippen LogP contribution in [-0.4, -0.2) is 16.2 Å². The summed E-state index contributed by atoms with van der Waals surface area (Å²) in [5, 5.41) is 3.74. The molecule has 0 aromatic carbocycles. The fourth-order valence-corrected chi connectivity index (χ4v) is 1.89. The van der Waals surface area contributed by atoms with E-state index in [2.05, 4.69) is 27.2 Å². The Morgan fingerprint density at radius 3 is 2.62 bits per heavy atom. The normalized spacial score (nSPS) is 11.6. The maximum atomic E-state index is 12.1. The number of alkyl halides is 2. The van der Waals surface area contributed by atoms with E-state index in [1.54, 1.807) is 0 Å². The lowest BCUT2D eigenvalue weighted by Crippen LogP contribution is -2.12. The van der Waals surface area contributed by atoms with Crippen molar-refractivity contribution >= 4 is 15.9 Å². The number of nitrogens with zero attached hydrogens (tertiary/aromatic N) is 2.